The number of hydrogen-bond acceptors (Lipinski definition) is 3. The molecule has 0 saturated carbocycles. The number of nitrogens with one attached hydrogen (secondary N) is 1. The molecule has 0 radical (unpaired) electrons. The van der Waals surface area contributed by atoms with E-state index in [1.54, 1.807) is 24.3 Å². The summed E-state index contributed by atoms with van der Waals surface area (Å²) in [5.74, 6) is 0.374. The quantitative estimate of drug-likeness (QED) is 0.855. The molecule has 0 fully saturated rings. The normalized spacial score (nSPS) is 10.9. The van der Waals surface area contributed by atoms with Gasteiger partial charge in [0.25, 0.3) is 0 Å². The monoisotopic (exact) mass is 293 g/mol. The maximum Gasteiger partial charge on any atom is 0.387 e. The molecule has 0 amide bonds. The molecule has 0 aliphatic rings. The molecule has 2 N–H and O–H groups in total. The third-order valence-corrected chi connectivity index (χ3v) is 3.05. The maximum absolute atomic E-state index is 12.3. The number of aryl methyl sites for hydroxylation is 1. The summed E-state index contributed by atoms with van der Waals surface area (Å²) in [5.41, 5.74) is 2.46. The van der Waals surface area contributed by atoms with Crippen molar-refractivity contribution < 1.29 is 18.6 Å². The molecule has 0 aromatic heterocycles. The van der Waals surface area contributed by atoms with Crippen molar-refractivity contribution in [3.8, 4) is 11.5 Å². The smallest absolute Gasteiger partial charge is 0.387 e. The Labute approximate surface area is 122 Å². The molecule has 5 heteroatoms. The molecule has 0 spiro atoms. The Morgan fingerprint density at radius 3 is 2.57 bits per heavy atom. The van der Waals surface area contributed by atoms with Gasteiger partial charge < -0.3 is 15.2 Å². The average Bonchev–Trinajstić information content (AvgIpc) is 2.44. The minimum absolute atomic E-state index is 0.161. The van der Waals surface area contributed by atoms with E-state index >= 15 is 0 Å². The first-order chi connectivity index (χ1) is 10.1. The number of rotatable bonds is 6. The van der Waals surface area contributed by atoms with Crippen molar-refractivity contribution in [1.82, 2.24) is 5.32 Å². The van der Waals surface area contributed by atoms with Gasteiger partial charge in [-0.2, -0.15) is 8.78 Å². The largest absolute Gasteiger partial charge is 0.508 e. The fourth-order valence-corrected chi connectivity index (χ4v) is 2.05. The van der Waals surface area contributed by atoms with Gasteiger partial charge >= 0.3 is 6.61 Å². The molecule has 2 rings (SSSR count). The van der Waals surface area contributed by atoms with Crippen LogP contribution in [0, 0.1) is 6.92 Å². The van der Waals surface area contributed by atoms with Gasteiger partial charge in [0.05, 0.1) is 0 Å². The predicted molar refractivity (Wildman–Crippen MR) is 76.5 cm³/mol. The molecule has 2 aromatic carbocycles. The average molecular weight is 293 g/mol. The van der Waals surface area contributed by atoms with Gasteiger partial charge in [-0.3, -0.25) is 0 Å². The molecule has 0 unspecified atom stereocenters. The molecular weight excluding hydrogens is 276 g/mol. The first kappa shape index (κ1) is 15.3. The Balaban J connectivity index is 1.99. The molecule has 0 aliphatic heterocycles. The summed E-state index contributed by atoms with van der Waals surface area (Å²) in [5, 5.41) is 12.9. The number of ether oxygens (including phenoxy) is 1. The van der Waals surface area contributed by atoms with E-state index in [1.165, 1.54) is 6.07 Å². The lowest BCUT2D eigenvalue weighted by atomic mass is 10.1. The van der Waals surface area contributed by atoms with Crippen molar-refractivity contribution in [3.05, 3.63) is 59.2 Å². The summed E-state index contributed by atoms with van der Waals surface area (Å²) in [6.07, 6.45) is 0. The van der Waals surface area contributed by atoms with E-state index in [-0.39, 0.29) is 11.5 Å². The third kappa shape index (κ3) is 4.43. The predicted octanol–water partition coefficient (Wildman–Crippen LogP) is 3.59. The number of hydrogen-bond donors (Lipinski definition) is 2. The zero-order valence-electron chi connectivity index (χ0n) is 11.6. The van der Waals surface area contributed by atoms with E-state index in [0.717, 1.165) is 11.1 Å². The van der Waals surface area contributed by atoms with Crippen LogP contribution in [0.4, 0.5) is 8.78 Å². The molecule has 2 aromatic rings. The third-order valence-electron chi connectivity index (χ3n) is 3.05. The van der Waals surface area contributed by atoms with Gasteiger partial charge in [0, 0.05) is 24.2 Å². The highest BCUT2D eigenvalue weighted by Crippen LogP contribution is 2.21. The SMILES string of the molecule is Cc1ccc(O)c(CNCc2ccccc2OC(F)F)c1. The van der Waals surface area contributed by atoms with Gasteiger partial charge in [-0.1, -0.05) is 35.9 Å². The van der Waals surface area contributed by atoms with Crippen LogP contribution in [0.25, 0.3) is 0 Å². The van der Waals surface area contributed by atoms with E-state index < -0.39 is 6.61 Å². The highest BCUT2D eigenvalue weighted by molar-refractivity contribution is 5.36. The maximum atomic E-state index is 12.3. The second-order valence-electron chi connectivity index (χ2n) is 4.72. The van der Waals surface area contributed by atoms with E-state index in [9.17, 15) is 13.9 Å². The van der Waals surface area contributed by atoms with Crippen molar-refractivity contribution in [3.63, 3.8) is 0 Å². The van der Waals surface area contributed by atoms with Crippen molar-refractivity contribution in [2.75, 3.05) is 0 Å². The first-order valence-electron chi connectivity index (χ1n) is 6.58. The van der Waals surface area contributed by atoms with E-state index in [2.05, 4.69) is 10.1 Å². The molecule has 3 nitrogen and oxygen atoms in total. The van der Waals surface area contributed by atoms with Crippen LogP contribution in [0.3, 0.4) is 0 Å². The second kappa shape index (κ2) is 7.04. The molecule has 112 valence electrons. The molecule has 0 aliphatic carbocycles. The summed E-state index contributed by atoms with van der Waals surface area (Å²) in [4.78, 5) is 0. The number of alkyl halides is 2. The molecule has 0 atom stereocenters. The second-order valence-corrected chi connectivity index (χ2v) is 4.72. The van der Waals surface area contributed by atoms with Crippen LogP contribution < -0.4 is 10.1 Å². The summed E-state index contributed by atoms with van der Waals surface area (Å²) in [7, 11) is 0. The van der Waals surface area contributed by atoms with Crippen LogP contribution in [-0.4, -0.2) is 11.7 Å². The van der Waals surface area contributed by atoms with Crippen molar-refractivity contribution in [2.24, 2.45) is 0 Å². The molecule has 0 saturated heterocycles. The first-order valence-corrected chi connectivity index (χ1v) is 6.58. The van der Waals surface area contributed by atoms with Gasteiger partial charge in [-0.05, 0) is 19.1 Å². The molecular formula is C16H17F2NO2. The highest BCUT2D eigenvalue weighted by atomic mass is 19.3. The lowest BCUT2D eigenvalue weighted by Crippen LogP contribution is -2.14. The summed E-state index contributed by atoms with van der Waals surface area (Å²) in [6, 6.07) is 12.0. The van der Waals surface area contributed by atoms with Gasteiger partial charge in [-0.25, -0.2) is 0 Å². The van der Waals surface area contributed by atoms with Gasteiger partial charge in [0.1, 0.15) is 11.5 Å². The van der Waals surface area contributed by atoms with Crippen molar-refractivity contribution in [1.29, 1.82) is 0 Å². The fourth-order valence-electron chi connectivity index (χ4n) is 2.05. The van der Waals surface area contributed by atoms with Crippen LogP contribution in [-0.2, 0) is 13.1 Å². The number of phenols is 1. The summed E-state index contributed by atoms with van der Waals surface area (Å²) >= 11 is 0. The number of aromatic hydroxyl groups is 1. The standard InChI is InChI=1S/C16H17F2NO2/c1-11-6-7-14(20)13(8-11)10-19-9-12-4-2-3-5-15(12)21-16(17)18/h2-8,16,19-20H,9-10H2,1H3. The lowest BCUT2D eigenvalue weighted by molar-refractivity contribution is -0.0505. The topological polar surface area (TPSA) is 41.5 Å². The van der Waals surface area contributed by atoms with E-state index in [1.807, 2.05) is 19.1 Å². The van der Waals surface area contributed by atoms with Crippen LogP contribution in [0.5, 0.6) is 11.5 Å². The fraction of sp³-hybridized carbons (Fsp3) is 0.250. The van der Waals surface area contributed by atoms with Gasteiger partial charge in [0.2, 0.25) is 0 Å². The van der Waals surface area contributed by atoms with Crippen LogP contribution in [0.1, 0.15) is 16.7 Å². The number of halogens is 2. The zero-order chi connectivity index (χ0) is 15.2. The Morgan fingerprint density at radius 2 is 1.81 bits per heavy atom. The van der Waals surface area contributed by atoms with E-state index in [4.69, 9.17) is 0 Å². The van der Waals surface area contributed by atoms with Crippen molar-refractivity contribution in [2.45, 2.75) is 26.6 Å². The summed E-state index contributed by atoms with van der Waals surface area (Å²) < 4.78 is 29.1. The van der Waals surface area contributed by atoms with Gasteiger partial charge in [-0.15, -0.1) is 0 Å². The van der Waals surface area contributed by atoms with Gasteiger partial charge in [0.15, 0.2) is 0 Å². The minimum Gasteiger partial charge on any atom is -0.508 e. The van der Waals surface area contributed by atoms with Crippen LogP contribution in [0.15, 0.2) is 42.5 Å². The Hall–Kier alpha value is -2.14. The molecule has 0 bridgehead atoms. The number of para-hydroxylation sites is 1. The zero-order valence-corrected chi connectivity index (χ0v) is 11.6. The van der Waals surface area contributed by atoms with E-state index in [0.29, 0.717) is 18.7 Å². The minimum atomic E-state index is -2.84. The molecule has 21 heavy (non-hydrogen) atoms. The highest BCUT2D eigenvalue weighted by Gasteiger charge is 2.09. The van der Waals surface area contributed by atoms with Crippen LogP contribution in [0.2, 0.25) is 0 Å². The Morgan fingerprint density at radius 1 is 1.10 bits per heavy atom. The number of phenolic OH excluding ortho intramolecular Hbond substituents is 1. The lowest BCUT2D eigenvalue weighted by Gasteiger charge is -2.12. The Bertz CT molecular complexity index is 603. The summed E-state index contributed by atoms with van der Waals surface area (Å²) in [6.45, 7) is -0.0893. The Kier molecular flexibility index (Phi) is 5.11. The molecule has 0 heterocycles. The van der Waals surface area contributed by atoms with Crippen LogP contribution >= 0.6 is 0 Å². The van der Waals surface area contributed by atoms with Crippen molar-refractivity contribution >= 4 is 0 Å². The number of benzene rings is 2.